The van der Waals surface area contributed by atoms with E-state index in [0.717, 1.165) is 22.7 Å². The summed E-state index contributed by atoms with van der Waals surface area (Å²) in [6, 6.07) is 11.2. The van der Waals surface area contributed by atoms with Gasteiger partial charge in [0.05, 0.1) is 28.5 Å². The van der Waals surface area contributed by atoms with Crippen LogP contribution in [-0.4, -0.2) is 74.5 Å². The van der Waals surface area contributed by atoms with Crippen LogP contribution in [0.4, 0.5) is 24.5 Å². The molecule has 16 heteroatoms. The van der Waals surface area contributed by atoms with Crippen LogP contribution in [0.3, 0.4) is 0 Å². The Hall–Kier alpha value is -4.92. The molecule has 1 saturated heterocycles. The van der Waals surface area contributed by atoms with E-state index >= 15 is 0 Å². The van der Waals surface area contributed by atoms with Crippen LogP contribution in [0.1, 0.15) is 55.1 Å². The Kier molecular flexibility index (Phi) is 10.0. The molecule has 5 rings (SSSR count). The largest absolute Gasteiger partial charge is 0.416 e. The van der Waals surface area contributed by atoms with Gasteiger partial charge in [-0.15, -0.1) is 5.10 Å². The van der Waals surface area contributed by atoms with Crippen LogP contribution >= 0.6 is 11.6 Å². The summed E-state index contributed by atoms with van der Waals surface area (Å²) < 4.78 is 42.2. The molecule has 0 atom stereocenters. The first-order valence-corrected chi connectivity index (χ1v) is 16.0. The van der Waals surface area contributed by atoms with E-state index in [1.54, 1.807) is 39.8 Å². The highest BCUT2D eigenvalue weighted by molar-refractivity contribution is 6.33. The number of nitrogens with zero attached hydrogens (tertiary/aromatic N) is 6. The molecular formula is C33H36ClF3N8O4. The smallest absolute Gasteiger partial charge is 0.362 e. The molecule has 1 aliphatic rings. The number of hydrogen-bond donors (Lipinski definition) is 2. The molecular weight excluding hydrogens is 665 g/mol. The van der Waals surface area contributed by atoms with Crippen LogP contribution in [0.25, 0.3) is 5.78 Å². The minimum Gasteiger partial charge on any atom is -0.362 e. The van der Waals surface area contributed by atoms with Crippen molar-refractivity contribution < 1.29 is 27.6 Å². The summed E-state index contributed by atoms with van der Waals surface area (Å²) in [6.07, 6.45) is -4.28. The van der Waals surface area contributed by atoms with E-state index in [9.17, 15) is 32.3 Å². The Labute approximate surface area is 284 Å². The van der Waals surface area contributed by atoms with Crippen molar-refractivity contribution in [3.63, 3.8) is 0 Å². The number of aromatic nitrogens is 4. The van der Waals surface area contributed by atoms with Gasteiger partial charge in [0.15, 0.2) is 5.82 Å². The van der Waals surface area contributed by atoms with E-state index < -0.39 is 28.6 Å². The number of carbonyl (C=O) groups is 3. The molecule has 2 N–H and O–H groups in total. The average Bonchev–Trinajstić information content (AvgIpc) is 3.53. The minimum absolute atomic E-state index is 0.00685. The number of nitrogens with one attached hydrogen (secondary N) is 2. The third kappa shape index (κ3) is 7.71. The number of piperazine rings is 1. The summed E-state index contributed by atoms with van der Waals surface area (Å²) in [5.74, 6) is -0.733. The first-order valence-electron chi connectivity index (χ1n) is 15.6. The molecule has 2 aromatic heterocycles. The predicted octanol–water partition coefficient (Wildman–Crippen LogP) is 4.14. The number of hydrogen-bond acceptors (Lipinski definition) is 7. The normalized spacial score (nSPS) is 13.9. The van der Waals surface area contributed by atoms with Crippen LogP contribution in [-0.2, 0) is 34.1 Å². The van der Waals surface area contributed by atoms with Crippen LogP contribution < -0.4 is 21.1 Å². The van der Waals surface area contributed by atoms with Gasteiger partial charge in [0.25, 0.3) is 11.5 Å². The molecule has 0 bridgehead atoms. The van der Waals surface area contributed by atoms with Crippen molar-refractivity contribution >= 4 is 46.5 Å². The van der Waals surface area contributed by atoms with E-state index in [2.05, 4.69) is 20.7 Å². The molecule has 49 heavy (non-hydrogen) atoms. The summed E-state index contributed by atoms with van der Waals surface area (Å²) in [7, 11) is 0. The van der Waals surface area contributed by atoms with Gasteiger partial charge in [0, 0.05) is 37.2 Å². The highest BCUT2D eigenvalue weighted by atomic mass is 35.5. The van der Waals surface area contributed by atoms with Gasteiger partial charge in [-0.2, -0.15) is 22.7 Å². The molecule has 3 heterocycles. The van der Waals surface area contributed by atoms with Crippen molar-refractivity contribution in [3.8, 4) is 0 Å². The lowest BCUT2D eigenvalue weighted by Gasteiger charge is -2.36. The molecule has 3 amide bonds. The van der Waals surface area contributed by atoms with Crippen LogP contribution in [0.15, 0.2) is 53.3 Å². The summed E-state index contributed by atoms with van der Waals surface area (Å²) in [4.78, 5) is 60.8. The maximum atomic E-state index is 14.0. The average molecular weight is 701 g/mol. The van der Waals surface area contributed by atoms with E-state index in [1.807, 2.05) is 32.6 Å². The molecule has 12 nitrogen and oxygen atoms in total. The molecule has 0 unspecified atom stereocenters. The van der Waals surface area contributed by atoms with Crippen molar-refractivity contribution in [2.24, 2.45) is 0 Å². The van der Waals surface area contributed by atoms with Gasteiger partial charge in [-0.3, -0.25) is 19.2 Å². The van der Waals surface area contributed by atoms with Crippen LogP contribution in [0.5, 0.6) is 0 Å². The van der Waals surface area contributed by atoms with Gasteiger partial charge >= 0.3 is 6.18 Å². The third-order valence-corrected chi connectivity index (χ3v) is 8.40. The summed E-state index contributed by atoms with van der Waals surface area (Å²) in [5, 5.41) is 9.44. The molecule has 0 saturated carbocycles. The fraction of sp³-hybridized carbons (Fsp3) is 0.394. The zero-order valence-corrected chi connectivity index (χ0v) is 28.2. The van der Waals surface area contributed by atoms with Gasteiger partial charge in [0.2, 0.25) is 17.6 Å². The van der Waals surface area contributed by atoms with Crippen molar-refractivity contribution in [2.75, 3.05) is 42.9 Å². The Morgan fingerprint density at radius 3 is 2.24 bits per heavy atom. The fourth-order valence-corrected chi connectivity index (χ4v) is 5.74. The van der Waals surface area contributed by atoms with Crippen molar-refractivity contribution in [2.45, 2.75) is 52.3 Å². The molecule has 1 fully saturated rings. The Balaban J connectivity index is 1.40. The van der Waals surface area contributed by atoms with Gasteiger partial charge in [0.1, 0.15) is 12.2 Å². The lowest BCUT2D eigenvalue weighted by Crippen LogP contribution is -2.52. The minimum atomic E-state index is -4.60. The first kappa shape index (κ1) is 35.4. The SMILES string of the molecule is CCc1c(N2CCN(C(=O)CNC(=O)c3ccccc3)CC2)c(=O)n2nc(C(C)(C)C)nc2n1CC(=O)Nc1ccc(C(F)(F)F)cc1Cl. The lowest BCUT2D eigenvalue weighted by molar-refractivity contribution is -0.137. The third-order valence-electron chi connectivity index (χ3n) is 8.09. The second kappa shape index (κ2) is 13.9. The molecule has 0 radical (unpaired) electrons. The Morgan fingerprint density at radius 1 is 0.980 bits per heavy atom. The number of amides is 3. The molecule has 2 aromatic carbocycles. The highest BCUT2D eigenvalue weighted by Crippen LogP contribution is 2.34. The van der Waals surface area contributed by atoms with Gasteiger partial charge in [-0.05, 0) is 36.8 Å². The standard InChI is InChI=1S/C33H36ClF3N8O4/c1-5-24-27(43-15-13-42(14-16-43)26(47)18-38-28(48)20-9-7-6-8-10-20)29(49)45-31(40-30(41-45)32(2,3)4)44(24)19-25(46)39-23-12-11-21(17-22(23)34)33(35,36)37/h6-12,17H,5,13-16,18-19H2,1-4H3,(H,38,48)(H,39,46). The number of anilines is 2. The molecule has 0 spiro atoms. The summed E-state index contributed by atoms with van der Waals surface area (Å²) in [5.41, 5.74) is -0.704. The molecule has 4 aromatic rings. The lowest BCUT2D eigenvalue weighted by atomic mass is 9.96. The maximum Gasteiger partial charge on any atom is 0.416 e. The zero-order valence-electron chi connectivity index (χ0n) is 27.4. The van der Waals surface area contributed by atoms with E-state index in [0.29, 0.717) is 42.3 Å². The zero-order chi connectivity index (χ0) is 35.7. The van der Waals surface area contributed by atoms with Crippen molar-refractivity contribution in [1.82, 2.24) is 29.4 Å². The van der Waals surface area contributed by atoms with Gasteiger partial charge in [-0.25, -0.2) is 0 Å². The highest BCUT2D eigenvalue weighted by Gasteiger charge is 2.32. The topological polar surface area (TPSA) is 134 Å². The van der Waals surface area contributed by atoms with Crippen molar-refractivity contribution in [3.05, 3.63) is 86.6 Å². The Bertz CT molecular complexity index is 1950. The number of rotatable bonds is 8. The quantitative estimate of drug-likeness (QED) is 0.282. The van der Waals surface area contributed by atoms with E-state index in [1.165, 1.54) is 0 Å². The summed E-state index contributed by atoms with van der Waals surface area (Å²) >= 11 is 6.09. The predicted molar refractivity (Wildman–Crippen MR) is 178 cm³/mol. The maximum absolute atomic E-state index is 14.0. The monoisotopic (exact) mass is 700 g/mol. The first-order chi connectivity index (χ1) is 23.1. The number of benzene rings is 2. The van der Waals surface area contributed by atoms with Gasteiger partial charge in [-0.1, -0.05) is 57.5 Å². The molecule has 0 aliphatic carbocycles. The van der Waals surface area contributed by atoms with E-state index in [-0.39, 0.29) is 54.5 Å². The summed E-state index contributed by atoms with van der Waals surface area (Å²) in [6.45, 7) is 8.09. The second-order valence-electron chi connectivity index (χ2n) is 12.6. The number of alkyl halides is 3. The van der Waals surface area contributed by atoms with Crippen molar-refractivity contribution in [1.29, 1.82) is 0 Å². The second-order valence-corrected chi connectivity index (χ2v) is 13.0. The Morgan fingerprint density at radius 2 is 1.65 bits per heavy atom. The number of carbonyl (C=O) groups excluding carboxylic acids is 3. The van der Waals surface area contributed by atoms with Crippen LogP contribution in [0, 0.1) is 0 Å². The number of fused-ring (bicyclic) bond motifs is 1. The van der Waals surface area contributed by atoms with Crippen LogP contribution in [0.2, 0.25) is 5.02 Å². The van der Waals surface area contributed by atoms with E-state index in [4.69, 9.17) is 11.6 Å². The number of halogens is 4. The fourth-order valence-electron chi connectivity index (χ4n) is 5.51. The molecule has 1 aliphatic heterocycles. The molecule has 260 valence electrons. The van der Waals surface area contributed by atoms with Gasteiger partial charge < -0.3 is 25.0 Å².